The first-order chi connectivity index (χ1) is 9.88. The van der Waals surface area contributed by atoms with Gasteiger partial charge in [-0.3, -0.25) is 19.3 Å². The zero-order chi connectivity index (χ0) is 15.6. The number of benzene rings is 1. The van der Waals surface area contributed by atoms with Gasteiger partial charge in [-0.25, -0.2) is 0 Å². The molecule has 1 saturated heterocycles. The van der Waals surface area contributed by atoms with Gasteiger partial charge in [0.1, 0.15) is 0 Å². The molecular weight excluding hydrogens is 274 g/mol. The molecule has 2 amide bonds. The first kappa shape index (κ1) is 15.0. The lowest BCUT2D eigenvalue weighted by atomic mass is 10.0. The summed E-state index contributed by atoms with van der Waals surface area (Å²) in [5.74, 6) is -1.52. The van der Waals surface area contributed by atoms with Crippen molar-refractivity contribution >= 4 is 23.5 Å². The Morgan fingerprint density at radius 1 is 1.33 bits per heavy atom. The summed E-state index contributed by atoms with van der Waals surface area (Å²) < 4.78 is 0. The largest absolute Gasteiger partial charge is 0.481 e. The molecule has 0 spiro atoms. The summed E-state index contributed by atoms with van der Waals surface area (Å²) in [6, 6.07) is 6.33. The molecule has 7 nitrogen and oxygen atoms in total. The fourth-order valence-corrected chi connectivity index (χ4v) is 2.17. The normalized spacial score (nSPS) is 17.0. The number of hydrogen-bond acceptors (Lipinski definition) is 5. The average molecular weight is 291 g/mol. The molecular formula is C14H17N3O4. The molecule has 1 aromatic carbocycles. The van der Waals surface area contributed by atoms with Crippen LogP contribution in [-0.2, 0) is 14.4 Å². The van der Waals surface area contributed by atoms with Crippen molar-refractivity contribution in [2.75, 3.05) is 25.0 Å². The van der Waals surface area contributed by atoms with Gasteiger partial charge >= 0.3 is 5.97 Å². The van der Waals surface area contributed by atoms with Crippen molar-refractivity contribution in [1.82, 2.24) is 4.90 Å². The fourth-order valence-electron chi connectivity index (χ4n) is 2.17. The van der Waals surface area contributed by atoms with Gasteiger partial charge in [0, 0.05) is 18.8 Å². The second kappa shape index (κ2) is 5.92. The number of likely N-dealkylation sites (N-methyl/N-ethyl adjacent to an activating group) is 1. The van der Waals surface area contributed by atoms with E-state index in [1.165, 1.54) is 7.05 Å². The predicted molar refractivity (Wildman–Crippen MR) is 75.6 cm³/mol. The number of anilines is 1. The highest BCUT2D eigenvalue weighted by atomic mass is 16.4. The number of carboxylic acids is 1. The SMILES string of the molecule is CN1C(=O)CN(c2cccc(C(N)CC(=O)O)c2)CC1=O. The number of imide groups is 1. The molecule has 7 heteroatoms. The van der Waals surface area contributed by atoms with Crippen molar-refractivity contribution in [1.29, 1.82) is 0 Å². The minimum atomic E-state index is -0.974. The highest BCUT2D eigenvalue weighted by Gasteiger charge is 2.28. The molecule has 0 bridgehead atoms. The Kier molecular flexibility index (Phi) is 4.23. The minimum Gasteiger partial charge on any atom is -0.481 e. The van der Waals surface area contributed by atoms with Crippen LogP contribution in [0.2, 0.25) is 0 Å². The summed E-state index contributed by atoms with van der Waals surface area (Å²) >= 11 is 0. The molecule has 0 saturated carbocycles. The first-order valence-corrected chi connectivity index (χ1v) is 6.50. The van der Waals surface area contributed by atoms with Crippen molar-refractivity contribution in [2.24, 2.45) is 5.73 Å². The minimum absolute atomic E-state index is 0.111. The van der Waals surface area contributed by atoms with Crippen LogP contribution in [0.3, 0.4) is 0 Å². The third-order valence-corrected chi connectivity index (χ3v) is 3.46. The smallest absolute Gasteiger partial charge is 0.305 e. The van der Waals surface area contributed by atoms with Crippen LogP contribution in [0.15, 0.2) is 24.3 Å². The molecule has 1 aliphatic rings. The summed E-state index contributed by atoms with van der Waals surface area (Å²) in [4.78, 5) is 36.9. The van der Waals surface area contributed by atoms with Crippen LogP contribution < -0.4 is 10.6 Å². The van der Waals surface area contributed by atoms with E-state index < -0.39 is 12.0 Å². The van der Waals surface area contributed by atoms with Gasteiger partial charge in [0.05, 0.1) is 19.5 Å². The second-order valence-corrected chi connectivity index (χ2v) is 5.00. The average Bonchev–Trinajstić information content (AvgIpc) is 2.43. The van der Waals surface area contributed by atoms with Crippen LogP contribution in [-0.4, -0.2) is 47.9 Å². The van der Waals surface area contributed by atoms with E-state index in [9.17, 15) is 14.4 Å². The Balaban J connectivity index is 2.19. The van der Waals surface area contributed by atoms with Gasteiger partial charge in [0.25, 0.3) is 0 Å². The van der Waals surface area contributed by atoms with Crippen LogP contribution in [0.5, 0.6) is 0 Å². The molecule has 1 aromatic rings. The summed E-state index contributed by atoms with van der Waals surface area (Å²) in [7, 11) is 1.46. The van der Waals surface area contributed by atoms with Crippen LogP contribution in [0.1, 0.15) is 18.0 Å². The third-order valence-electron chi connectivity index (χ3n) is 3.46. The fraction of sp³-hybridized carbons (Fsp3) is 0.357. The molecule has 1 unspecified atom stereocenters. The topological polar surface area (TPSA) is 104 Å². The number of nitrogens with two attached hydrogens (primary N) is 1. The number of hydrogen-bond donors (Lipinski definition) is 2. The van der Waals surface area contributed by atoms with Gasteiger partial charge in [-0.15, -0.1) is 0 Å². The van der Waals surface area contributed by atoms with Crippen LogP contribution in [0.25, 0.3) is 0 Å². The van der Waals surface area contributed by atoms with E-state index in [0.29, 0.717) is 11.3 Å². The number of carbonyl (C=O) groups is 3. The zero-order valence-electron chi connectivity index (χ0n) is 11.7. The lowest BCUT2D eigenvalue weighted by Gasteiger charge is -2.32. The van der Waals surface area contributed by atoms with Gasteiger partial charge in [-0.1, -0.05) is 12.1 Å². The zero-order valence-corrected chi connectivity index (χ0v) is 11.7. The Morgan fingerprint density at radius 3 is 2.52 bits per heavy atom. The summed E-state index contributed by atoms with van der Waals surface area (Å²) in [5.41, 5.74) is 7.17. The number of carbonyl (C=O) groups excluding carboxylic acids is 2. The van der Waals surface area contributed by atoms with E-state index in [-0.39, 0.29) is 31.3 Å². The molecule has 1 heterocycles. The van der Waals surface area contributed by atoms with Gasteiger partial charge in [0.2, 0.25) is 11.8 Å². The maximum atomic E-state index is 11.7. The molecule has 1 atom stereocenters. The quantitative estimate of drug-likeness (QED) is 0.755. The standard InChI is InChI=1S/C14H17N3O4/c1-16-12(18)7-17(8-13(16)19)10-4-2-3-9(5-10)11(15)6-14(20)21/h2-5,11H,6-8,15H2,1H3,(H,20,21). The molecule has 0 aliphatic carbocycles. The monoisotopic (exact) mass is 291 g/mol. The molecule has 3 N–H and O–H groups in total. The van der Waals surface area contributed by atoms with Crippen molar-refractivity contribution in [3.05, 3.63) is 29.8 Å². The maximum Gasteiger partial charge on any atom is 0.305 e. The van der Waals surface area contributed by atoms with Gasteiger partial charge < -0.3 is 15.7 Å². The maximum absolute atomic E-state index is 11.7. The van der Waals surface area contributed by atoms with Crippen LogP contribution in [0, 0.1) is 0 Å². The Hall–Kier alpha value is -2.41. The number of nitrogens with zero attached hydrogens (tertiary/aromatic N) is 2. The molecule has 21 heavy (non-hydrogen) atoms. The van der Waals surface area contributed by atoms with Gasteiger partial charge in [0.15, 0.2) is 0 Å². The van der Waals surface area contributed by atoms with Crippen molar-refractivity contribution in [3.63, 3.8) is 0 Å². The molecule has 0 radical (unpaired) electrons. The molecule has 1 fully saturated rings. The Labute approximate surface area is 121 Å². The molecule has 0 aromatic heterocycles. The number of rotatable bonds is 4. The van der Waals surface area contributed by atoms with Crippen LogP contribution >= 0.6 is 0 Å². The Morgan fingerprint density at radius 2 is 1.95 bits per heavy atom. The van der Waals surface area contributed by atoms with Gasteiger partial charge in [-0.05, 0) is 17.7 Å². The van der Waals surface area contributed by atoms with Crippen molar-refractivity contribution in [2.45, 2.75) is 12.5 Å². The van der Waals surface area contributed by atoms with E-state index in [1.807, 2.05) is 0 Å². The van der Waals surface area contributed by atoms with Crippen LogP contribution in [0.4, 0.5) is 5.69 Å². The lowest BCUT2D eigenvalue weighted by Crippen LogP contribution is -2.52. The Bertz CT molecular complexity index is 569. The summed E-state index contributed by atoms with van der Waals surface area (Å²) in [6.45, 7) is 0.222. The molecule has 1 aliphatic heterocycles. The van der Waals surface area contributed by atoms with E-state index in [0.717, 1.165) is 4.90 Å². The second-order valence-electron chi connectivity index (χ2n) is 5.00. The summed E-state index contributed by atoms with van der Waals surface area (Å²) in [5, 5.41) is 8.78. The highest BCUT2D eigenvalue weighted by molar-refractivity contribution is 6.02. The number of aliphatic carboxylic acids is 1. The number of carboxylic acid groups (broad SMARTS) is 1. The summed E-state index contributed by atoms with van der Waals surface area (Å²) in [6.07, 6.45) is -0.177. The number of piperazine rings is 1. The number of amides is 2. The van der Waals surface area contributed by atoms with E-state index in [1.54, 1.807) is 29.2 Å². The predicted octanol–water partition coefficient (Wildman–Crippen LogP) is -0.0339. The van der Waals surface area contributed by atoms with Gasteiger partial charge in [-0.2, -0.15) is 0 Å². The molecule has 112 valence electrons. The first-order valence-electron chi connectivity index (χ1n) is 6.50. The molecule has 2 rings (SSSR count). The van der Waals surface area contributed by atoms with E-state index >= 15 is 0 Å². The third kappa shape index (κ3) is 3.38. The van der Waals surface area contributed by atoms with Crippen molar-refractivity contribution in [3.8, 4) is 0 Å². The van der Waals surface area contributed by atoms with E-state index in [2.05, 4.69) is 0 Å². The lowest BCUT2D eigenvalue weighted by molar-refractivity contribution is -0.143. The van der Waals surface area contributed by atoms with Crippen molar-refractivity contribution < 1.29 is 19.5 Å². The highest BCUT2D eigenvalue weighted by Crippen LogP contribution is 2.22. The van der Waals surface area contributed by atoms with E-state index in [4.69, 9.17) is 10.8 Å².